The van der Waals surface area contributed by atoms with Crippen LogP contribution in [-0.4, -0.2) is 11.5 Å². The van der Waals surface area contributed by atoms with E-state index in [-0.39, 0.29) is 0 Å². The van der Waals surface area contributed by atoms with Crippen LogP contribution < -0.4 is 5.32 Å². The molecule has 3 heteroatoms. The number of hydrogen-bond acceptors (Lipinski definition) is 2. The first kappa shape index (κ1) is 8.51. The Balaban J connectivity index is 2.39. The summed E-state index contributed by atoms with van der Waals surface area (Å²) in [5, 5.41) is 13.5. The number of hydrogen-bond donors (Lipinski definition) is 2. The molecule has 0 spiro atoms. The molecular weight excluding hydrogens is 186 g/mol. The fourth-order valence-electron chi connectivity index (χ4n) is 2.30. The fourth-order valence-corrected chi connectivity index (χ4v) is 2.30. The Bertz CT molecular complexity index is 560. The van der Waals surface area contributed by atoms with Crippen molar-refractivity contribution in [3.63, 3.8) is 0 Å². The van der Waals surface area contributed by atoms with Crippen LogP contribution in [0.1, 0.15) is 16.8 Å². The topological polar surface area (TPSA) is 51.6 Å². The summed E-state index contributed by atoms with van der Waals surface area (Å²) in [5.74, 6) is 0. The van der Waals surface area contributed by atoms with Crippen molar-refractivity contribution < 1.29 is 0 Å². The molecule has 2 aromatic rings. The molecule has 0 amide bonds. The summed E-state index contributed by atoms with van der Waals surface area (Å²) >= 11 is 0. The number of nitriles is 1. The molecule has 0 fully saturated rings. The average molecular weight is 197 g/mol. The minimum Gasteiger partial charge on any atom is -0.358 e. The van der Waals surface area contributed by atoms with Gasteiger partial charge in [0.15, 0.2) is 0 Å². The lowest BCUT2D eigenvalue weighted by molar-refractivity contribution is 0.641. The second-order valence-corrected chi connectivity index (χ2v) is 3.85. The fraction of sp³-hybridized carbons (Fsp3) is 0.250. The van der Waals surface area contributed by atoms with Crippen molar-refractivity contribution in [3.8, 4) is 6.07 Å². The minimum atomic E-state index is 0.772. The molecule has 1 aromatic carbocycles. The first-order valence-corrected chi connectivity index (χ1v) is 5.13. The Labute approximate surface area is 87.7 Å². The van der Waals surface area contributed by atoms with Gasteiger partial charge in [-0.2, -0.15) is 5.26 Å². The first-order chi connectivity index (χ1) is 7.40. The highest BCUT2D eigenvalue weighted by atomic mass is 14.9. The van der Waals surface area contributed by atoms with E-state index in [0.29, 0.717) is 0 Å². The van der Waals surface area contributed by atoms with Crippen LogP contribution in [0.5, 0.6) is 0 Å². The molecule has 74 valence electrons. The van der Waals surface area contributed by atoms with Crippen molar-refractivity contribution >= 4 is 10.9 Å². The number of aromatic nitrogens is 1. The number of nitrogens with zero attached hydrogens (tertiary/aromatic N) is 1. The number of aromatic amines is 1. The summed E-state index contributed by atoms with van der Waals surface area (Å²) in [6.07, 6.45) is 1.02. The second-order valence-electron chi connectivity index (χ2n) is 3.85. The largest absolute Gasteiger partial charge is 0.358 e. The van der Waals surface area contributed by atoms with Gasteiger partial charge in [-0.15, -0.1) is 0 Å². The van der Waals surface area contributed by atoms with Gasteiger partial charge in [0.05, 0.1) is 11.6 Å². The molecule has 15 heavy (non-hydrogen) atoms. The average Bonchev–Trinajstić information content (AvgIpc) is 2.67. The Morgan fingerprint density at radius 1 is 1.33 bits per heavy atom. The van der Waals surface area contributed by atoms with Crippen LogP contribution >= 0.6 is 0 Å². The number of H-pyrrole nitrogens is 1. The molecule has 1 aromatic heterocycles. The van der Waals surface area contributed by atoms with Crippen LogP contribution in [0.25, 0.3) is 10.9 Å². The van der Waals surface area contributed by atoms with Crippen molar-refractivity contribution in [1.82, 2.24) is 10.3 Å². The number of rotatable bonds is 0. The summed E-state index contributed by atoms with van der Waals surface area (Å²) in [7, 11) is 0. The summed E-state index contributed by atoms with van der Waals surface area (Å²) in [4.78, 5) is 3.40. The zero-order chi connectivity index (χ0) is 10.3. The zero-order valence-corrected chi connectivity index (χ0v) is 8.30. The third kappa shape index (κ3) is 1.15. The van der Waals surface area contributed by atoms with E-state index in [9.17, 15) is 0 Å². The van der Waals surface area contributed by atoms with Gasteiger partial charge in [-0.05, 0) is 17.7 Å². The smallest absolute Gasteiger partial charge is 0.0998 e. The molecule has 2 N–H and O–H groups in total. The standard InChI is InChI=1S/C12H11N3/c13-6-8-2-1-3-11-12(8)9-7-14-5-4-10(9)15-11/h1-3,14-15H,4-5,7H2. The van der Waals surface area contributed by atoms with Crippen molar-refractivity contribution in [2.45, 2.75) is 13.0 Å². The Hall–Kier alpha value is -1.79. The minimum absolute atomic E-state index is 0.772. The Morgan fingerprint density at radius 2 is 2.27 bits per heavy atom. The highest BCUT2D eigenvalue weighted by Gasteiger charge is 2.16. The summed E-state index contributed by atoms with van der Waals surface area (Å²) in [5.41, 5.74) is 4.41. The van der Waals surface area contributed by atoms with Crippen LogP contribution in [0, 0.1) is 11.3 Å². The van der Waals surface area contributed by atoms with Gasteiger partial charge in [-0.1, -0.05) is 6.07 Å². The van der Waals surface area contributed by atoms with Gasteiger partial charge in [0.2, 0.25) is 0 Å². The van der Waals surface area contributed by atoms with Crippen molar-refractivity contribution in [2.75, 3.05) is 6.54 Å². The molecule has 0 aliphatic carbocycles. The molecule has 0 radical (unpaired) electrons. The van der Waals surface area contributed by atoms with Gasteiger partial charge in [0, 0.05) is 36.1 Å². The molecular formula is C12H11N3. The lowest BCUT2D eigenvalue weighted by Crippen LogP contribution is -2.23. The molecule has 0 bridgehead atoms. The maximum Gasteiger partial charge on any atom is 0.0998 e. The molecule has 3 nitrogen and oxygen atoms in total. The number of nitrogens with one attached hydrogen (secondary N) is 2. The lowest BCUT2D eigenvalue weighted by Gasteiger charge is -2.12. The van der Waals surface area contributed by atoms with Gasteiger partial charge in [0.1, 0.15) is 0 Å². The molecule has 1 aliphatic rings. The lowest BCUT2D eigenvalue weighted by atomic mass is 10.0. The van der Waals surface area contributed by atoms with E-state index in [0.717, 1.165) is 36.0 Å². The van der Waals surface area contributed by atoms with E-state index >= 15 is 0 Å². The zero-order valence-electron chi connectivity index (χ0n) is 8.30. The Morgan fingerprint density at radius 3 is 3.13 bits per heavy atom. The molecule has 0 saturated heterocycles. The summed E-state index contributed by atoms with van der Waals surface area (Å²) in [6.45, 7) is 1.88. The summed E-state index contributed by atoms with van der Waals surface area (Å²) < 4.78 is 0. The van der Waals surface area contributed by atoms with Crippen LogP contribution in [-0.2, 0) is 13.0 Å². The van der Waals surface area contributed by atoms with Gasteiger partial charge < -0.3 is 10.3 Å². The van der Waals surface area contributed by atoms with E-state index in [1.54, 1.807) is 0 Å². The molecule has 0 atom stereocenters. The predicted octanol–water partition coefficient (Wildman–Crippen LogP) is 1.69. The van der Waals surface area contributed by atoms with E-state index < -0.39 is 0 Å². The van der Waals surface area contributed by atoms with Crippen molar-refractivity contribution in [2.24, 2.45) is 0 Å². The van der Waals surface area contributed by atoms with Crippen LogP contribution in [0.4, 0.5) is 0 Å². The van der Waals surface area contributed by atoms with Crippen LogP contribution in [0.15, 0.2) is 18.2 Å². The van der Waals surface area contributed by atoms with E-state index in [1.165, 1.54) is 11.3 Å². The third-order valence-corrected chi connectivity index (χ3v) is 2.99. The van der Waals surface area contributed by atoms with Crippen molar-refractivity contribution in [1.29, 1.82) is 5.26 Å². The van der Waals surface area contributed by atoms with E-state index in [4.69, 9.17) is 5.26 Å². The Kier molecular flexibility index (Phi) is 1.77. The molecule has 0 unspecified atom stereocenters. The van der Waals surface area contributed by atoms with Gasteiger partial charge >= 0.3 is 0 Å². The maximum absolute atomic E-state index is 9.07. The van der Waals surface area contributed by atoms with Crippen molar-refractivity contribution in [3.05, 3.63) is 35.0 Å². The van der Waals surface area contributed by atoms with E-state index in [2.05, 4.69) is 16.4 Å². The molecule has 3 rings (SSSR count). The van der Waals surface area contributed by atoms with Gasteiger partial charge in [0.25, 0.3) is 0 Å². The molecule has 1 aliphatic heterocycles. The SMILES string of the molecule is N#Cc1cccc2[nH]c3c(c12)CNCC3. The predicted molar refractivity (Wildman–Crippen MR) is 58.4 cm³/mol. The number of benzene rings is 1. The quantitative estimate of drug-likeness (QED) is 0.675. The first-order valence-electron chi connectivity index (χ1n) is 5.13. The van der Waals surface area contributed by atoms with Gasteiger partial charge in [-0.25, -0.2) is 0 Å². The van der Waals surface area contributed by atoms with E-state index in [1.807, 2.05) is 18.2 Å². The third-order valence-electron chi connectivity index (χ3n) is 2.99. The highest BCUT2D eigenvalue weighted by molar-refractivity contribution is 5.90. The van der Waals surface area contributed by atoms with Gasteiger partial charge in [-0.3, -0.25) is 0 Å². The van der Waals surface area contributed by atoms with Crippen LogP contribution in [0.3, 0.4) is 0 Å². The monoisotopic (exact) mass is 197 g/mol. The molecule has 0 saturated carbocycles. The highest BCUT2D eigenvalue weighted by Crippen LogP contribution is 2.27. The normalized spacial score (nSPS) is 14.9. The van der Waals surface area contributed by atoms with Crippen LogP contribution in [0.2, 0.25) is 0 Å². The summed E-state index contributed by atoms with van der Waals surface area (Å²) in [6, 6.07) is 8.10. The molecule has 2 heterocycles. The second kappa shape index (κ2) is 3.11. The maximum atomic E-state index is 9.07. The number of fused-ring (bicyclic) bond motifs is 3.